The highest BCUT2D eigenvalue weighted by Gasteiger charge is 2.28. The largest absolute Gasteiger partial charge is 0.497 e. The van der Waals surface area contributed by atoms with E-state index >= 15 is 0 Å². The van der Waals surface area contributed by atoms with Gasteiger partial charge in [-0.05, 0) is 60.0 Å². The van der Waals surface area contributed by atoms with Crippen molar-refractivity contribution < 1.29 is 4.74 Å². The molecule has 4 rings (SSSR count). The van der Waals surface area contributed by atoms with Crippen molar-refractivity contribution in [3.63, 3.8) is 0 Å². The third-order valence-corrected chi connectivity index (χ3v) is 6.50. The van der Waals surface area contributed by atoms with Crippen molar-refractivity contribution in [2.24, 2.45) is 10.9 Å². The highest BCUT2D eigenvalue weighted by atomic mass is 16.5. The molecule has 4 nitrogen and oxygen atoms in total. The van der Waals surface area contributed by atoms with Crippen molar-refractivity contribution in [3.05, 3.63) is 53.6 Å². The topological polar surface area (TPSA) is 28.1 Å². The fourth-order valence-electron chi connectivity index (χ4n) is 4.36. The van der Waals surface area contributed by atoms with E-state index in [1.807, 2.05) is 12.1 Å². The number of aliphatic imine (C=N–C) groups is 1. The predicted octanol–water partition coefficient (Wildman–Crippen LogP) is 4.71. The number of fused-ring (bicyclic) bond motifs is 1. The van der Waals surface area contributed by atoms with Gasteiger partial charge in [-0.1, -0.05) is 26.8 Å². The summed E-state index contributed by atoms with van der Waals surface area (Å²) in [5.41, 5.74) is 6.16. The zero-order valence-electron chi connectivity index (χ0n) is 17.5. The van der Waals surface area contributed by atoms with Crippen LogP contribution in [0.1, 0.15) is 37.8 Å². The molecule has 0 aliphatic carbocycles. The van der Waals surface area contributed by atoms with E-state index in [4.69, 9.17) is 9.73 Å². The van der Waals surface area contributed by atoms with Crippen molar-refractivity contribution in [1.29, 1.82) is 0 Å². The molecule has 2 aliphatic heterocycles. The first-order valence-electron chi connectivity index (χ1n) is 10.4. The Labute approximate surface area is 168 Å². The highest BCUT2D eigenvalue weighted by Crippen LogP contribution is 2.41. The Hall–Kier alpha value is -2.33. The van der Waals surface area contributed by atoms with Crippen molar-refractivity contribution in [2.75, 3.05) is 44.7 Å². The minimum absolute atomic E-state index is 0.389. The van der Waals surface area contributed by atoms with Gasteiger partial charge in [-0.3, -0.25) is 4.99 Å². The normalized spacial score (nSPS) is 22.6. The number of piperazine rings is 1. The number of hydrogen-bond donors (Lipinski definition) is 0. The molecule has 4 heteroatoms. The molecule has 0 saturated carbocycles. The summed E-state index contributed by atoms with van der Waals surface area (Å²) in [6.45, 7) is 12.5. The summed E-state index contributed by atoms with van der Waals surface area (Å²) in [5, 5.41) is 0. The SMILES string of the molecule is CCN1CCN(c2ccc3c(c2)N=C(c2ccc(OC)cc2)C(C)C3C)CC1. The molecule has 0 amide bonds. The molecular weight excluding hydrogens is 346 g/mol. The molecular formula is C24H31N3O. The first-order chi connectivity index (χ1) is 13.6. The smallest absolute Gasteiger partial charge is 0.118 e. The number of ether oxygens (including phenoxy) is 1. The second kappa shape index (κ2) is 7.96. The van der Waals surface area contributed by atoms with Crippen molar-refractivity contribution in [1.82, 2.24) is 4.90 Å². The molecule has 2 heterocycles. The lowest BCUT2D eigenvalue weighted by molar-refractivity contribution is 0.271. The van der Waals surface area contributed by atoms with Crippen LogP contribution < -0.4 is 9.64 Å². The first-order valence-corrected chi connectivity index (χ1v) is 10.4. The van der Waals surface area contributed by atoms with Crippen LogP contribution in [-0.2, 0) is 0 Å². The van der Waals surface area contributed by atoms with Crippen LogP contribution in [0.15, 0.2) is 47.5 Å². The van der Waals surface area contributed by atoms with Crippen molar-refractivity contribution in [3.8, 4) is 5.75 Å². The average Bonchev–Trinajstić information content (AvgIpc) is 2.76. The maximum absolute atomic E-state index is 5.31. The molecule has 2 unspecified atom stereocenters. The lowest BCUT2D eigenvalue weighted by Gasteiger charge is -2.36. The summed E-state index contributed by atoms with van der Waals surface area (Å²) in [6, 6.07) is 15.2. The Morgan fingerprint density at radius 1 is 0.964 bits per heavy atom. The third kappa shape index (κ3) is 3.53. The second-order valence-corrected chi connectivity index (χ2v) is 7.97. The molecule has 2 atom stereocenters. The van der Waals surface area contributed by atoms with Crippen LogP contribution >= 0.6 is 0 Å². The average molecular weight is 378 g/mol. The van der Waals surface area contributed by atoms with Crippen LogP contribution in [0.4, 0.5) is 11.4 Å². The van der Waals surface area contributed by atoms with Gasteiger partial charge in [0.05, 0.1) is 18.5 Å². The third-order valence-electron chi connectivity index (χ3n) is 6.50. The highest BCUT2D eigenvalue weighted by molar-refractivity contribution is 6.05. The van der Waals surface area contributed by atoms with E-state index in [1.54, 1.807) is 7.11 Å². The van der Waals surface area contributed by atoms with E-state index in [9.17, 15) is 0 Å². The van der Waals surface area contributed by atoms with Crippen LogP contribution in [0.2, 0.25) is 0 Å². The predicted molar refractivity (Wildman–Crippen MR) is 118 cm³/mol. The van der Waals surface area contributed by atoms with Crippen molar-refractivity contribution in [2.45, 2.75) is 26.7 Å². The number of nitrogens with zero attached hydrogens (tertiary/aromatic N) is 3. The van der Waals surface area contributed by atoms with E-state index < -0.39 is 0 Å². The maximum atomic E-state index is 5.31. The Bertz CT molecular complexity index is 851. The lowest BCUT2D eigenvalue weighted by Crippen LogP contribution is -2.46. The Morgan fingerprint density at radius 2 is 1.68 bits per heavy atom. The number of rotatable bonds is 4. The Kier molecular flexibility index (Phi) is 5.40. The molecule has 1 fully saturated rings. The van der Waals surface area contributed by atoms with Crippen LogP contribution in [-0.4, -0.2) is 50.4 Å². The molecule has 2 aliphatic rings. The summed E-state index contributed by atoms with van der Waals surface area (Å²) in [7, 11) is 1.70. The van der Waals surface area contributed by atoms with E-state index in [1.165, 1.54) is 22.5 Å². The molecule has 2 aromatic carbocycles. The van der Waals surface area contributed by atoms with Gasteiger partial charge in [0, 0.05) is 37.8 Å². The number of anilines is 1. The second-order valence-electron chi connectivity index (χ2n) is 7.97. The molecule has 28 heavy (non-hydrogen) atoms. The van der Waals surface area contributed by atoms with Gasteiger partial charge in [-0.15, -0.1) is 0 Å². The molecule has 1 saturated heterocycles. The van der Waals surface area contributed by atoms with E-state index in [2.05, 4.69) is 60.9 Å². The van der Waals surface area contributed by atoms with Crippen molar-refractivity contribution >= 4 is 17.1 Å². The summed E-state index contributed by atoms with van der Waals surface area (Å²) in [5.74, 6) is 1.73. The number of likely N-dealkylation sites (N-methyl/N-ethyl adjacent to an activating group) is 1. The molecule has 0 radical (unpaired) electrons. The minimum Gasteiger partial charge on any atom is -0.497 e. The molecule has 148 valence electrons. The number of methoxy groups -OCH3 is 1. The summed E-state index contributed by atoms with van der Waals surface area (Å²) in [4.78, 5) is 10.1. The summed E-state index contributed by atoms with van der Waals surface area (Å²) >= 11 is 0. The first kappa shape index (κ1) is 19.0. The van der Waals surface area contributed by atoms with E-state index in [0.717, 1.165) is 44.2 Å². The standard InChI is InChI=1S/C24H31N3O/c1-5-26-12-14-27(15-13-26)20-8-11-22-17(2)18(3)24(25-23(22)16-20)19-6-9-21(28-4)10-7-19/h6-11,16-18H,5,12-15H2,1-4H3. The van der Waals surface area contributed by atoms with Gasteiger partial charge in [0.1, 0.15) is 5.75 Å². The van der Waals surface area contributed by atoms with Crippen LogP contribution in [0, 0.1) is 5.92 Å². The minimum atomic E-state index is 0.389. The fourth-order valence-corrected chi connectivity index (χ4v) is 4.36. The van der Waals surface area contributed by atoms with Gasteiger partial charge in [-0.25, -0.2) is 0 Å². The van der Waals surface area contributed by atoms with Crippen LogP contribution in [0.25, 0.3) is 0 Å². The van der Waals surface area contributed by atoms with Gasteiger partial charge >= 0.3 is 0 Å². The summed E-state index contributed by atoms with van der Waals surface area (Å²) < 4.78 is 5.31. The lowest BCUT2D eigenvalue weighted by atomic mass is 9.80. The quantitative estimate of drug-likeness (QED) is 0.772. The number of benzene rings is 2. The van der Waals surface area contributed by atoms with Crippen LogP contribution in [0.5, 0.6) is 5.75 Å². The zero-order chi connectivity index (χ0) is 19.7. The monoisotopic (exact) mass is 377 g/mol. The van der Waals surface area contributed by atoms with Crippen LogP contribution in [0.3, 0.4) is 0 Å². The number of hydrogen-bond acceptors (Lipinski definition) is 4. The van der Waals surface area contributed by atoms with Gasteiger partial charge in [0.2, 0.25) is 0 Å². The van der Waals surface area contributed by atoms with Gasteiger partial charge < -0.3 is 14.5 Å². The van der Waals surface area contributed by atoms with E-state index in [0.29, 0.717) is 11.8 Å². The summed E-state index contributed by atoms with van der Waals surface area (Å²) in [6.07, 6.45) is 0. The van der Waals surface area contributed by atoms with Gasteiger partial charge in [0.25, 0.3) is 0 Å². The fraction of sp³-hybridized carbons (Fsp3) is 0.458. The molecule has 0 N–H and O–H groups in total. The molecule has 0 bridgehead atoms. The van der Waals surface area contributed by atoms with Gasteiger partial charge in [0.15, 0.2) is 0 Å². The Morgan fingerprint density at radius 3 is 2.32 bits per heavy atom. The Balaban J connectivity index is 1.65. The molecule has 2 aromatic rings. The maximum Gasteiger partial charge on any atom is 0.118 e. The molecule has 0 aromatic heterocycles. The van der Waals surface area contributed by atoms with E-state index in [-0.39, 0.29) is 0 Å². The van der Waals surface area contributed by atoms with Gasteiger partial charge in [-0.2, -0.15) is 0 Å². The zero-order valence-corrected chi connectivity index (χ0v) is 17.5. The molecule has 0 spiro atoms.